The number of aromatic nitrogens is 1. The van der Waals surface area contributed by atoms with Crippen LogP contribution in [0.4, 0.5) is 0 Å². The first kappa shape index (κ1) is 19.5. The van der Waals surface area contributed by atoms with Crippen LogP contribution in [0.3, 0.4) is 0 Å². The number of sulfonamides is 1. The van der Waals surface area contributed by atoms with E-state index in [0.717, 1.165) is 22.6 Å². The number of ether oxygens (including phenoxy) is 1. The Kier molecular flexibility index (Phi) is 6.26. The predicted octanol–water partition coefficient (Wildman–Crippen LogP) is 2.44. The SMILES string of the molecule is CCOc1c(C)cc(S(=O)(=O)NCCC(O)c2cccn2C)cc1C. The lowest BCUT2D eigenvalue weighted by atomic mass is 10.1. The summed E-state index contributed by atoms with van der Waals surface area (Å²) in [6, 6.07) is 6.87. The number of nitrogens with one attached hydrogen (secondary N) is 1. The van der Waals surface area contributed by atoms with Gasteiger partial charge < -0.3 is 14.4 Å². The van der Waals surface area contributed by atoms with Crippen molar-refractivity contribution in [3.63, 3.8) is 0 Å². The zero-order valence-electron chi connectivity index (χ0n) is 15.1. The van der Waals surface area contributed by atoms with E-state index < -0.39 is 16.1 Å². The molecule has 7 heteroatoms. The Balaban J connectivity index is 2.05. The molecule has 1 heterocycles. The van der Waals surface area contributed by atoms with Crippen LogP contribution >= 0.6 is 0 Å². The second-order valence-corrected chi connectivity index (χ2v) is 7.83. The van der Waals surface area contributed by atoms with Crippen molar-refractivity contribution in [2.45, 2.75) is 38.2 Å². The normalized spacial score (nSPS) is 13.0. The van der Waals surface area contributed by atoms with E-state index in [1.165, 1.54) is 0 Å². The Morgan fingerprint density at radius 3 is 2.44 bits per heavy atom. The number of aryl methyl sites for hydroxylation is 3. The molecule has 0 radical (unpaired) electrons. The molecule has 0 saturated carbocycles. The highest BCUT2D eigenvalue weighted by molar-refractivity contribution is 7.89. The van der Waals surface area contributed by atoms with Gasteiger partial charge in [0.05, 0.1) is 17.6 Å². The summed E-state index contributed by atoms with van der Waals surface area (Å²) in [7, 11) is -1.79. The van der Waals surface area contributed by atoms with Gasteiger partial charge in [-0.15, -0.1) is 0 Å². The van der Waals surface area contributed by atoms with Gasteiger partial charge in [0.2, 0.25) is 10.0 Å². The van der Waals surface area contributed by atoms with Gasteiger partial charge in [-0.25, -0.2) is 13.1 Å². The summed E-state index contributed by atoms with van der Waals surface area (Å²) >= 11 is 0. The van der Waals surface area contributed by atoms with Crippen LogP contribution < -0.4 is 9.46 Å². The fraction of sp³-hybridized carbons (Fsp3) is 0.444. The van der Waals surface area contributed by atoms with Gasteiger partial charge in [-0.3, -0.25) is 0 Å². The molecule has 0 aliphatic rings. The monoisotopic (exact) mass is 366 g/mol. The van der Waals surface area contributed by atoms with Crippen LogP contribution in [-0.2, 0) is 17.1 Å². The molecule has 2 N–H and O–H groups in total. The number of aliphatic hydroxyl groups excluding tert-OH is 1. The van der Waals surface area contributed by atoms with Crippen molar-refractivity contribution in [1.29, 1.82) is 0 Å². The highest BCUT2D eigenvalue weighted by atomic mass is 32.2. The molecule has 1 aromatic carbocycles. The summed E-state index contributed by atoms with van der Waals surface area (Å²) in [4.78, 5) is 0.208. The lowest BCUT2D eigenvalue weighted by Crippen LogP contribution is -2.26. The van der Waals surface area contributed by atoms with Gasteiger partial charge in [-0.2, -0.15) is 0 Å². The minimum atomic E-state index is -3.64. The molecule has 1 unspecified atom stereocenters. The van der Waals surface area contributed by atoms with Crippen molar-refractivity contribution < 1.29 is 18.3 Å². The lowest BCUT2D eigenvalue weighted by molar-refractivity contribution is 0.161. The molecule has 1 aromatic heterocycles. The molecule has 2 rings (SSSR count). The summed E-state index contributed by atoms with van der Waals surface area (Å²) in [6.45, 7) is 6.23. The molecule has 1 atom stereocenters. The minimum absolute atomic E-state index is 0.153. The molecular weight excluding hydrogens is 340 g/mol. The molecule has 0 fully saturated rings. The molecule has 25 heavy (non-hydrogen) atoms. The third-order valence-electron chi connectivity index (χ3n) is 4.07. The fourth-order valence-electron chi connectivity index (χ4n) is 2.82. The molecule has 0 aliphatic carbocycles. The Morgan fingerprint density at radius 1 is 1.28 bits per heavy atom. The Labute approximate surface area is 149 Å². The fourth-order valence-corrected chi connectivity index (χ4v) is 4.04. The van der Waals surface area contributed by atoms with Crippen LogP contribution in [0.25, 0.3) is 0 Å². The van der Waals surface area contributed by atoms with Gasteiger partial charge in [0.1, 0.15) is 5.75 Å². The number of rotatable bonds is 8. The van der Waals surface area contributed by atoms with Crippen molar-refractivity contribution in [2.75, 3.05) is 13.2 Å². The largest absolute Gasteiger partial charge is 0.493 e. The number of benzene rings is 1. The molecule has 6 nitrogen and oxygen atoms in total. The Hall–Kier alpha value is -1.83. The average molecular weight is 366 g/mol. The van der Waals surface area contributed by atoms with Crippen molar-refractivity contribution in [3.05, 3.63) is 47.3 Å². The standard InChI is InChI=1S/C18H26N2O4S/c1-5-24-18-13(2)11-15(12-14(18)3)25(22,23)19-9-8-17(21)16-7-6-10-20(16)4/h6-7,10-12,17,19,21H,5,8-9H2,1-4H3. The van der Waals surface area contributed by atoms with E-state index in [9.17, 15) is 13.5 Å². The zero-order valence-corrected chi connectivity index (χ0v) is 15.9. The topological polar surface area (TPSA) is 80.6 Å². The van der Waals surface area contributed by atoms with Gasteiger partial charge in [0, 0.05) is 25.5 Å². The van der Waals surface area contributed by atoms with Crippen molar-refractivity contribution in [1.82, 2.24) is 9.29 Å². The van der Waals surface area contributed by atoms with Crippen LogP contribution in [0.1, 0.15) is 36.3 Å². The van der Waals surface area contributed by atoms with E-state index in [4.69, 9.17) is 4.74 Å². The molecule has 0 bridgehead atoms. The summed E-state index contributed by atoms with van der Waals surface area (Å²) in [5.74, 6) is 0.723. The predicted molar refractivity (Wildman–Crippen MR) is 97.3 cm³/mol. The molecule has 0 aliphatic heterocycles. The summed E-state index contributed by atoms with van der Waals surface area (Å²) in [5, 5.41) is 10.2. The van der Waals surface area contributed by atoms with E-state index in [0.29, 0.717) is 13.0 Å². The molecule has 0 saturated heterocycles. The van der Waals surface area contributed by atoms with Crippen LogP contribution in [0.2, 0.25) is 0 Å². The second kappa shape index (κ2) is 8.03. The second-order valence-electron chi connectivity index (χ2n) is 6.07. The third-order valence-corrected chi connectivity index (χ3v) is 5.51. The van der Waals surface area contributed by atoms with Gasteiger partial charge in [-0.1, -0.05) is 0 Å². The van der Waals surface area contributed by atoms with E-state index in [1.807, 2.05) is 50.7 Å². The summed E-state index contributed by atoms with van der Waals surface area (Å²) in [6.07, 6.45) is 1.42. The van der Waals surface area contributed by atoms with E-state index in [2.05, 4.69) is 4.72 Å². The van der Waals surface area contributed by atoms with Crippen LogP contribution in [0.5, 0.6) is 5.75 Å². The maximum Gasteiger partial charge on any atom is 0.240 e. The minimum Gasteiger partial charge on any atom is -0.493 e. The first-order chi connectivity index (χ1) is 11.8. The summed E-state index contributed by atoms with van der Waals surface area (Å²) < 4.78 is 34.9. The van der Waals surface area contributed by atoms with Crippen molar-refractivity contribution in [2.24, 2.45) is 7.05 Å². The summed E-state index contributed by atoms with van der Waals surface area (Å²) in [5.41, 5.74) is 2.32. The van der Waals surface area contributed by atoms with Crippen molar-refractivity contribution in [3.8, 4) is 5.75 Å². The molecule has 138 valence electrons. The Bertz CT molecular complexity index is 804. The lowest BCUT2D eigenvalue weighted by Gasteiger charge is -2.15. The highest BCUT2D eigenvalue weighted by Crippen LogP contribution is 2.27. The molecule has 0 spiro atoms. The number of hydrogen-bond acceptors (Lipinski definition) is 4. The third kappa shape index (κ3) is 4.62. The number of aliphatic hydroxyl groups is 1. The smallest absolute Gasteiger partial charge is 0.240 e. The van der Waals surface area contributed by atoms with Crippen LogP contribution in [-0.4, -0.2) is 31.2 Å². The quantitative estimate of drug-likeness (QED) is 0.752. The van der Waals surface area contributed by atoms with Crippen LogP contribution in [0, 0.1) is 13.8 Å². The Morgan fingerprint density at radius 2 is 1.92 bits per heavy atom. The maximum atomic E-state index is 12.5. The first-order valence-electron chi connectivity index (χ1n) is 8.29. The first-order valence-corrected chi connectivity index (χ1v) is 9.77. The van der Waals surface area contributed by atoms with E-state index in [-0.39, 0.29) is 11.4 Å². The van der Waals surface area contributed by atoms with Gasteiger partial charge in [-0.05, 0) is 62.6 Å². The maximum absolute atomic E-state index is 12.5. The molecule has 0 amide bonds. The van der Waals surface area contributed by atoms with E-state index >= 15 is 0 Å². The number of nitrogens with zero attached hydrogens (tertiary/aromatic N) is 1. The highest BCUT2D eigenvalue weighted by Gasteiger charge is 2.18. The zero-order chi connectivity index (χ0) is 18.6. The average Bonchev–Trinajstić information content (AvgIpc) is 2.96. The van der Waals surface area contributed by atoms with Gasteiger partial charge in [0.25, 0.3) is 0 Å². The van der Waals surface area contributed by atoms with Gasteiger partial charge >= 0.3 is 0 Å². The van der Waals surface area contributed by atoms with E-state index in [1.54, 1.807) is 12.1 Å². The number of hydrogen-bond donors (Lipinski definition) is 2. The van der Waals surface area contributed by atoms with Crippen LogP contribution in [0.15, 0.2) is 35.4 Å². The van der Waals surface area contributed by atoms with Gasteiger partial charge in [0.15, 0.2) is 0 Å². The molecule has 2 aromatic rings. The van der Waals surface area contributed by atoms with Crippen molar-refractivity contribution >= 4 is 10.0 Å². The molecular formula is C18H26N2O4S.